The highest BCUT2D eigenvalue weighted by Crippen LogP contribution is 2.18. The van der Waals surface area contributed by atoms with Gasteiger partial charge < -0.3 is 10.1 Å². The van der Waals surface area contributed by atoms with Gasteiger partial charge in [-0.15, -0.1) is 0 Å². The van der Waals surface area contributed by atoms with E-state index in [1.165, 1.54) is 13.3 Å². The summed E-state index contributed by atoms with van der Waals surface area (Å²) in [6.45, 7) is 2.44. The second-order valence-electron chi connectivity index (χ2n) is 3.40. The maximum Gasteiger partial charge on any atom is 0.341 e. The molecule has 0 saturated heterocycles. The predicted octanol–water partition coefficient (Wildman–Crippen LogP) is -0.0259. The number of ether oxygens (including phenoxy) is 1. The van der Waals surface area contributed by atoms with Crippen LogP contribution >= 0.6 is 0 Å². The van der Waals surface area contributed by atoms with Crippen LogP contribution in [0.15, 0.2) is 6.20 Å². The van der Waals surface area contributed by atoms with Crippen molar-refractivity contribution >= 4 is 11.9 Å². The van der Waals surface area contributed by atoms with Crippen molar-refractivity contribution in [2.45, 2.75) is 13.0 Å². The lowest BCUT2D eigenvalue weighted by Gasteiger charge is -2.21. The summed E-state index contributed by atoms with van der Waals surface area (Å²) in [7, 11) is 1.27. The van der Waals surface area contributed by atoms with E-state index >= 15 is 0 Å². The molecule has 1 aromatic heterocycles. The molecule has 1 aliphatic rings. The highest BCUT2D eigenvalue weighted by atomic mass is 16.5. The fraction of sp³-hybridized carbons (Fsp3) is 0.444. The summed E-state index contributed by atoms with van der Waals surface area (Å²) >= 11 is 0. The van der Waals surface area contributed by atoms with Crippen LogP contribution in [0.1, 0.15) is 33.8 Å². The van der Waals surface area contributed by atoms with E-state index in [0.29, 0.717) is 6.54 Å². The van der Waals surface area contributed by atoms with E-state index in [1.54, 1.807) is 4.68 Å². The number of rotatable bonds is 1. The number of amides is 1. The van der Waals surface area contributed by atoms with Crippen LogP contribution in [0.4, 0.5) is 0 Å². The van der Waals surface area contributed by atoms with Gasteiger partial charge in [-0.3, -0.25) is 9.48 Å². The van der Waals surface area contributed by atoms with E-state index in [2.05, 4.69) is 15.2 Å². The Bertz CT molecular complexity index is 424. The summed E-state index contributed by atoms with van der Waals surface area (Å²) in [6, 6.07) is 0.0520. The zero-order valence-corrected chi connectivity index (χ0v) is 8.48. The summed E-state index contributed by atoms with van der Waals surface area (Å²) in [5.41, 5.74) is 0.488. The Balaban J connectivity index is 2.52. The molecule has 0 radical (unpaired) electrons. The molecule has 1 N–H and O–H groups in total. The molecule has 2 heterocycles. The van der Waals surface area contributed by atoms with Crippen LogP contribution < -0.4 is 5.32 Å². The Morgan fingerprint density at radius 1 is 1.73 bits per heavy atom. The minimum atomic E-state index is -0.541. The molecular weight excluding hydrogens is 198 g/mol. The summed E-state index contributed by atoms with van der Waals surface area (Å²) in [6.07, 6.45) is 1.36. The van der Waals surface area contributed by atoms with Crippen molar-refractivity contribution in [3.8, 4) is 0 Å². The highest BCUT2D eigenvalue weighted by molar-refractivity contribution is 6.04. The lowest BCUT2D eigenvalue weighted by molar-refractivity contribution is 0.0595. The second kappa shape index (κ2) is 3.38. The van der Waals surface area contributed by atoms with Gasteiger partial charge in [0.05, 0.1) is 19.3 Å². The van der Waals surface area contributed by atoms with E-state index in [4.69, 9.17) is 0 Å². The largest absolute Gasteiger partial charge is 0.465 e. The normalized spacial score (nSPS) is 19.3. The molecule has 2 rings (SSSR count). The summed E-state index contributed by atoms with van der Waals surface area (Å²) in [4.78, 5) is 22.9. The van der Waals surface area contributed by atoms with Crippen molar-refractivity contribution in [3.63, 3.8) is 0 Å². The van der Waals surface area contributed by atoms with Crippen molar-refractivity contribution in [1.29, 1.82) is 0 Å². The highest BCUT2D eigenvalue weighted by Gasteiger charge is 2.29. The van der Waals surface area contributed by atoms with Crippen molar-refractivity contribution in [1.82, 2.24) is 15.1 Å². The molecular formula is C9H11N3O3. The van der Waals surface area contributed by atoms with Gasteiger partial charge in [0.25, 0.3) is 5.91 Å². The quantitative estimate of drug-likeness (QED) is 0.659. The number of methoxy groups -OCH3 is 1. The molecule has 0 fully saturated rings. The molecule has 6 heteroatoms. The van der Waals surface area contributed by atoms with Crippen LogP contribution in [0.3, 0.4) is 0 Å². The number of esters is 1. The predicted molar refractivity (Wildman–Crippen MR) is 50.6 cm³/mol. The first-order valence-electron chi connectivity index (χ1n) is 4.59. The third kappa shape index (κ3) is 1.38. The van der Waals surface area contributed by atoms with Crippen LogP contribution in [0.25, 0.3) is 0 Å². The molecule has 1 aliphatic heterocycles. The van der Waals surface area contributed by atoms with Gasteiger partial charge in [-0.2, -0.15) is 5.10 Å². The average Bonchev–Trinajstić information content (AvgIpc) is 2.68. The van der Waals surface area contributed by atoms with Gasteiger partial charge in [-0.05, 0) is 6.92 Å². The molecule has 80 valence electrons. The molecule has 1 aromatic rings. The molecule has 0 bridgehead atoms. The monoisotopic (exact) mass is 209 g/mol. The van der Waals surface area contributed by atoms with Crippen molar-refractivity contribution in [2.75, 3.05) is 13.7 Å². The summed E-state index contributed by atoms with van der Waals surface area (Å²) in [5.74, 6) is -0.827. The zero-order chi connectivity index (χ0) is 11.0. The minimum absolute atomic E-state index is 0.0520. The average molecular weight is 209 g/mol. The van der Waals surface area contributed by atoms with Crippen LogP contribution in [0.5, 0.6) is 0 Å². The number of nitrogens with one attached hydrogen (secondary N) is 1. The van der Waals surface area contributed by atoms with Crippen molar-refractivity contribution in [3.05, 3.63) is 17.5 Å². The third-order valence-electron chi connectivity index (χ3n) is 2.39. The van der Waals surface area contributed by atoms with Gasteiger partial charge in [-0.25, -0.2) is 4.79 Å². The number of hydrogen-bond acceptors (Lipinski definition) is 4. The maximum absolute atomic E-state index is 11.6. The van der Waals surface area contributed by atoms with Crippen molar-refractivity contribution in [2.24, 2.45) is 0 Å². The Labute approximate surface area is 86.2 Å². The Kier molecular flexibility index (Phi) is 2.18. The van der Waals surface area contributed by atoms with Gasteiger partial charge in [0, 0.05) is 6.54 Å². The van der Waals surface area contributed by atoms with E-state index in [0.717, 1.165) is 0 Å². The fourth-order valence-electron chi connectivity index (χ4n) is 1.59. The lowest BCUT2D eigenvalue weighted by Crippen LogP contribution is -2.39. The third-order valence-corrected chi connectivity index (χ3v) is 2.39. The standard InChI is InChI=1S/C9H11N3O3/c1-5-3-10-8(13)7-6(9(14)15-2)4-11-12(5)7/h4-5H,3H2,1-2H3,(H,10,13)/t5-/m0/s1. The van der Waals surface area contributed by atoms with Gasteiger partial charge >= 0.3 is 5.97 Å². The van der Waals surface area contributed by atoms with Crippen molar-refractivity contribution < 1.29 is 14.3 Å². The smallest absolute Gasteiger partial charge is 0.341 e. The van der Waals surface area contributed by atoms with Crippen LogP contribution in [-0.2, 0) is 4.74 Å². The molecule has 0 unspecified atom stereocenters. The van der Waals surface area contributed by atoms with Crippen LogP contribution in [0.2, 0.25) is 0 Å². The number of carbonyl (C=O) groups excluding carboxylic acids is 2. The molecule has 0 spiro atoms. The summed E-state index contributed by atoms with van der Waals surface area (Å²) in [5, 5.41) is 6.70. The lowest BCUT2D eigenvalue weighted by atomic mass is 10.2. The van der Waals surface area contributed by atoms with Gasteiger partial charge in [-0.1, -0.05) is 0 Å². The number of fused-ring (bicyclic) bond motifs is 1. The van der Waals surface area contributed by atoms with Gasteiger partial charge in [0.1, 0.15) is 11.3 Å². The molecule has 0 saturated carbocycles. The van der Waals surface area contributed by atoms with Crippen LogP contribution in [0, 0.1) is 0 Å². The SMILES string of the molecule is COC(=O)c1cnn2c1C(=O)NC[C@@H]2C. The first-order valence-corrected chi connectivity index (χ1v) is 4.59. The van der Waals surface area contributed by atoms with E-state index in [1.807, 2.05) is 6.92 Å². The molecule has 15 heavy (non-hydrogen) atoms. The topological polar surface area (TPSA) is 73.2 Å². The molecule has 6 nitrogen and oxygen atoms in total. The van der Waals surface area contributed by atoms with E-state index in [-0.39, 0.29) is 23.2 Å². The zero-order valence-electron chi connectivity index (χ0n) is 8.48. The number of hydrogen-bond donors (Lipinski definition) is 1. The maximum atomic E-state index is 11.6. The number of nitrogens with zero attached hydrogens (tertiary/aromatic N) is 2. The Morgan fingerprint density at radius 2 is 2.47 bits per heavy atom. The molecule has 0 aromatic carbocycles. The molecule has 0 aliphatic carbocycles. The fourth-order valence-corrected chi connectivity index (χ4v) is 1.59. The van der Waals surface area contributed by atoms with Crippen LogP contribution in [-0.4, -0.2) is 35.3 Å². The van der Waals surface area contributed by atoms with E-state index in [9.17, 15) is 9.59 Å². The molecule has 1 amide bonds. The summed E-state index contributed by atoms with van der Waals surface area (Å²) < 4.78 is 6.12. The van der Waals surface area contributed by atoms with Gasteiger partial charge in [0.15, 0.2) is 0 Å². The Morgan fingerprint density at radius 3 is 3.13 bits per heavy atom. The Hall–Kier alpha value is -1.85. The van der Waals surface area contributed by atoms with E-state index < -0.39 is 5.97 Å². The first-order chi connectivity index (χ1) is 7.15. The molecule has 1 atom stereocenters. The first kappa shape index (κ1) is 9.70. The minimum Gasteiger partial charge on any atom is -0.465 e. The number of aromatic nitrogens is 2. The second-order valence-corrected chi connectivity index (χ2v) is 3.40. The number of carbonyl (C=O) groups is 2. The van der Waals surface area contributed by atoms with Gasteiger partial charge in [0.2, 0.25) is 0 Å².